The molecule has 0 saturated heterocycles. The lowest BCUT2D eigenvalue weighted by Crippen LogP contribution is -2.32. The van der Waals surface area contributed by atoms with Crippen LogP contribution < -0.4 is 16.0 Å². The molecule has 0 bridgehead atoms. The van der Waals surface area contributed by atoms with E-state index in [0.717, 1.165) is 12.8 Å². The highest BCUT2D eigenvalue weighted by atomic mass is 16.5. The number of carboxylic acid groups (broad SMARTS) is 1. The molecule has 0 radical (unpaired) electrons. The van der Waals surface area contributed by atoms with Gasteiger partial charge in [-0.3, -0.25) is 28.8 Å². The molecule has 60 heavy (non-hydrogen) atoms. The lowest BCUT2D eigenvalue weighted by molar-refractivity contribution is -0.142. The molecule has 0 aromatic rings. The second kappa shape index (κ2) is 44.0. The van der Waals surface area contributed by atoms with Crippen LogP contribution in [-0.2, 0) is 57.2 Å². The fraction of sp³-hybridized carbons (Fsp3) is 0.864. The normalized spacial score (nSPS) is 11.6. The first-order valence-electron chi connectivity index (χ1n) is 22.7. The zero-order valence-corrected chi connectivity index (χ0v) is 37.2. The minimum atomic E-state index is -0.945. The van der Waals surface area contributed by atoms with E-state index in [-0.39, 0.29) is 115 Å². The summed E-state index contributed by atoms with van der Waals surface area (Å²) in [6.07, 6.45) is 20.0. The number of rotatable bonds is 47. The van der Waals surface area contributed by atoms with Crippen molar-refractivity contribution in [1.29, 1.82) is 0 Å². The SMILES string of the molecule is CCCCCCCCCCCCCCCCC(=O)CCC[C@H](CCC(=O)NCCOCCOCC(=O)NCCOCCOCC(=O)NCCOCCOCC(C)=O)C(=O)O. The van der Waals surface area contributed by atoms with Crippen molar-refractivity contribution in [3.63, 3.8) is 0 Å². The number of carboxylic acids is 1. The fourth-order valence-corrected chi connectivity index (χ4v) is 6.07. The second-order valence-corrected chi connectivity index (χ2v) is 15.1. The summed E-state index contributed by atoms with van der Waals surface area (Å²) < 4.78 is 31.7. The number of hydrogen-bond donors (Lipinski definition) is 4. The Kier molecular flexibility index (Phi) is 41.8. The molecule has 0 aliphatic carbocycles. The van der Waals surface area contributed by atoms with E-state index in [2.05, 4.69) is 22.9 Å². The Hall–Kier alpha value is -3.02. The predicted octanol–water partition coefficient (Wildman–Crippen LogP) is 5.12. The van der Waals surface area contributed by atoms with E-state index >= 15 is 0 Å². The number of carbonyl (C=O) groups is 6. The molecule has 16 nitrogen and oxygen atoms in total. The van der Waals surface area contributed by atoms with Crippen LogP contribution in [0.4, 0.5) is 0 Å². The van der Waals surface area contributed by atoms with Gasteiger partial charge in [0.1, 0.15) is 25.6 Å². The van der Waals surface area contributed by atoms with Crippen molar-refractivity contribution in [2.24, 2.45) is 5.92 Å². The average molecular weight is 860 g/mol. The van der Waals surface area contributed by atoms with Gasteiger partial charge in [-0.25, -0.2) is 0 Å². The minimum Gasteiger partial charge on any atom is -0.481 e. The molecule has 0 heterocycles. The lowest BCUT2D eigenvalue weighted by atomic mass is 9.95. The smallest absolute Gasteiger partial charge is 0.306 e. The lowest BCUT2D eigenvalue weighted by Gasteiger charge is -2.12. The van der Waals surface area contributed by atoms with Crippen LogP contribution in [0, 0.1) is 5.92 Å². The zero-order valence-electron chi connectivity index (χ0n) is 37.2. The van der Waals surface area contributed by atoms with E-state index in [0.29, 0.717) is 52.0 Å². The van der Waals surface area contributed by atoms with E-state index in [1.54, 1.807) is 0 Å². The van der Waals surface area contributed by atoms with Gasteiger partial charge in [-0.05, 0) is 32.6 Å². The molecule has 0 aliphatic rings. The molecule has 3 amide bonds. The third-order valence-electron chi connectivity index (χ3n) is 9.48. The first-order chi connectivity index (χ1) is 29.1. The van der Waals surface area contributed by atoms with Gasteiger partial charge < -0.3 is 49.5 Å². The van der Waals surface area contributed by atoms with Crippen LogP contribution in [0.3, 0.4) is 0 Å². The average Bonchev–Trinajstić information content (AvgIpc) is 3.21. The van der Waals surface area contributed by atoms with Gasteiger partial charge in [0.2, 0.25) is 17.7 Å². The Morgan fingerprint density at radius 3 is 1.25 bits per heavy atom. The number of nitrogens with one attached hydrogen (secondary N) is 3. The molecule has 16 heteroatoms. The summed E-state index contributed by atoms with van der Waals surface area (Å²) in [5.41, 5.74) is 0. The molecule has 0 aliphatic heterocycles. The quantitative estimate of drug-likeness (QED) is 0.0586. The highest BCUT2D eigenvalue weighted by Gasteiger charge is 2.19. The Labute approximate surface area is 360 Å². The number of amides is 3. The molecule has 0 saturated carbocycles. The van der Waals surface area contributed by atoms with Crippen molar-refractivity contribution in [1.82, 2.24) is 16.0 Å². The molecule has 4 N–H and O–H groups in total. The van der Waals surface area contributed by atoms with Crippen molar-refractivity contribution in [2.45, 2.75) is 142 Å². The predicted molar refractivity (Wildman–Crippen MR) is 229 cm³/mol. The number of aliphatic carboxylic acids is 1. The van der Waals surface area contributed by atoms with E-state index in [9.17, 15) is 33.9 Å². The van der Waals surface area contributed by atoms with Crippen molar-refractivity contribution < 1.29 is 62.3 Å². The minimum absolute atomic E-state index is 0.0504. The largest absolute Gasteiger partial charge is 0.481 e. The monoisotopic (exact) mass is 860 g/mol. The summed E-state index contributed by atoms with van der Waals surface area (Å²) in [6.45, 7) is 6.73. The molecule has 1 atom stereocenters. The third-order valence-corrected chi connectivity index (χ3v) is 9.48. The number of ether oxygens (including phenoxy) is 6. The van der Waals surface area contributed by atoms with Crippen molar-refractivity contribution >= 4 is 35.3 Å². The maximum absolute atomic E-state index is 12.3. The molecule has 0 spiro atoms. The van der Waals surface area contributed by atoms with Gasteiger partial charge in [0, 0.05) is 38.9 Å². The van der Waals surface area contributed by atoms with Crippen LogP contribution in [0.25, 0.3) is 0 Å². The maximum Gasteiger partial charge on any atom is 0.306 e. The Morgan fingerprint density at radius 1 is 0.433 bits per heavy atom. The molecule has 0 rings (SSSR count). The van der Waals surface area contributed by atoms with Crippen LogP contribution >= 0.6 is 0 Å². The van der Waals surface area contributed by atoms with Crippen molar-refractivity contribution in [3.8, 4) is 0 Å². The van der Waals surface area contributed by atoms with Gasteiger partial charge >= 0.3 is 5.97 Å². The van der Waals surface area contributed by atoms with Gasteiger partial charge in [-0.2, -0.15) is 0 Å². The second-order valence-electron chi connectivity index (χ2n) is 15.1. The number of ketones is 2. The highest BCUT2D eigenvalue weighted by Crippen LogP contribution is 2.17. The first kappa shape index (κ1) is 57.0. The van der Waals surface area contributed by atoms with Gasteiger partial charge in [0.25, 0.3) is 0 Å². The molecular formula is C44H81N3O13. The number of hydrogen-bond acceptors (Lipinski definition) is 12. The summed E-state index contributed by atoms with van der Waals surface area (Å²) in [5, 5.41) is 17.6. The van der Waals surface area contributed by atoms with E-state index < -0.39 is 11.9 Å². The van der Waals surface area contributed by atoms with Crippen LogP contribution in [0.1, 0.15) is 142 Å². The van der Waals surface area contributed by atoms with Crippen LogP contribution in [0.2, 0.25) is 0 Å². The summed E-state index contributed by atoms with van der Waals surface area (Å²) >= 11 is 0. The highest BCUT2D eigenvalue weighted by molar-refractivity contribution is 5.79. The molecule has 0 aromatic heterocycles. The summed E-state index contributed by atoms with van der Waals surface area (Å²) in [5.74, 6) is -2.31. The first-order valence-corrected chi connectivity index (χ1v) is 22.7. The Morgan fingerprint density at radius 2 is 0.817 bits per heavy atom. The number of carbonyl (C=O) groups excluding carboxylic acids is 5. The fourth-order valence-electron chi connectivity index (χ4n) is 6.07. The molecule has 0 aromatic carbocycles. The molecule has 0 unspecified atom stereocenters. The summed E-state index contributed by atoms with van der Waals surface area (Å²) in [4.78, 5) is 70.6. The van der Waals surface area contributed by atoms with Gasteiger partial charge in [-0.15, -0.1) is 0 Å². The van der Waals surface area contributed by atoms with Gasteiger partial charge in [-0.1, -0.05) is 90.4 Å². The number of Topliss-reactive ketones (excluding diaryl/α,β-unsaturated/α-hetero) is 2. The Bertz CT molecular complexity index is 1100. The third kappa shape index (κ3) is 43.1. The topological polar surface area (TPSA) is 214 Å². The summed E-state index contributed by atoms with van der Waals surface area (Å²) in [7, 11) is 0. The maximum atomic E-state index is 12.3. The van der Waals surface area contributed by atoms with E-state index in [4.69, 9.17) is 28.4 Å². The molecule has 350 valence electrons. The zero-order chi connectivity index (χ0) is 44.2. The standard InChI is InChI=1S/C44H81N3O13/c1-3-4-5-6-7-8-9-10-11-12-13-14-15-16-19-40(49)20-17-18-39(44(53)54)21-22-41(50)45-23-26-55-30-33-59-36-43(52)47-25-28-57-31-34-60-37-42(51)46-24-27-56-29-32-58-35-38(2)48/h39H,3-37H2,1-2H3,(H,45,50)(H,46,51)(H,47,52)(H,53,54)/t39-/m1/s1. The summed E-state index contributed by atoms with van der Waals surface area (Å²) in [6, 6.07) is 0. The van der Waals surface area contributed by atoms with E-state index in [1.807, 2.05) is 0 Å². The Balaban J connectivity index is 3.61. The molecule has 0 fully saturated rings. The number of unbranched alkanes of at least 4 members (excludes halogenated alkanes) is 13. The van der Waals surface area contributed by atoms with Gasteiger partial charge in [0.15, 0.2) is 5.78 Å². The van der Waals surface area contributed by atoms with Crippen molar-refractivity contribution in [2.75, 3.05) is 98.9 Å². The van der Waals surface area contributed by atoms with Crippen LogP contribution in [-0.4, -0.2) is 139 Å². The van der Waals surface area contributed by atoms with Gasteiger partial charge in [0.05, 0.1) is 65.4 Å². The van der Waals surface area contributed by atoms with Crippen molar-refractivity contribution in [3.05, 3.63) is 0 Å². The molecular weight excluding hydrogens is 778 g/mol. The van der Waals surface area contributed by atoms with Crippen LogP contribution in [0.5, 0.6) is 0 Å². The van der Waals surface area contributed by atoms with E-state index in [1.165, 1.54) is 84.0 Å². The van der Waals surface area contributed by atoms with Crippen LogP contribution in [0.15, 0.2) is 0 Å².